The smallest absolute Gasteiger partial charge is 0.0577 e. The average molecular weight is 317 g/mol. The van der Waals surface area contributed by atoms with Crippen LogP contribution in [-0.2, 0) is 0 Å². The van der Waals surface area contributed by atoms with E-state index in [2.05, 4.69) is 40.7 Å². The molecule has 5 unspecified atom stereocenters. The first-order valence-electron chi connectivity index (χ1n) is 10.0. The van der Waals surface area contributed by atoms with Crippen molar-refractivity contribution in [3.05, 3.63) is 11.6 Å². The van der Waals surface area contributed by atoms with Crippen molar-refractivity contribution in [3.63, 3.8) is 0 Å². The molecule has 3 saturated carbocycles. The molecule has 0 bridgehead atoms. The van der Waals surface area contributed by atoms with Gasteiger partial charge in [-0.1, -0.05) is 46.3 Å². The summed E-state index contributed by atoms with van der Waals surface area (Å²) < 4.78 is 0. The van der Waals surface area contributed by atoms with E-state index in [4.69, 9.17) is 0 Å². The number of aliphatic hydroxyl groups excluding tert-OH is 1. The molecule has 0 amide bonds. The third-order valence-electron chi connectivity index (χ3n) is 9.66. The summed E-state index contributed by atoms with van der Waals surface area (Å²) in [5.74, 6) is 1.71. The lowest BCUT2D eigenvalue weighted by atomic mass is 9.41. The Morgan fingerprint density at radius 3 is 2.35 bits per heavy atom. The fourth-order valence-electron chi connectivity index (χ4n) is 7.77. The first-order chi connectivity index (χ1) is 10.6. The molecule has 4 aliphatic rings. The molecule has 23 heavy (non-hydrogen) atoms. The van der Waals surface area contributed by atoms with E-state index in [-0.39, 0.29) is 6.10 Å². The van der Waals surface area contributed by atoms with E-state index in [1.165, 1.54) is 38.5 Å². The summed E-state index contributed by atoms with van der Waals surface area (Å²) in [5.41, 5.74) is 3.45. The molecule has 4 rings (SSSR count). The highest BCUT2D eigenvalue weighted by molar-refractivity contribution is 5.28. The van der Waals surface area contributed by atoms with E-state index in [1.54, 1.807) is 5.57 Å². The molecular formula is C22H36O. The van der Waals surface area contributed by atoms with Gasteiger partial charge in [-0.3, -0.25) is 0 Å². The lowest BCUT2D eigenvalue weighted by molar-refractivity contribution is -0.122. The van der Waals surface area contributed by atoms with Crippen molar-refractivity contribution in [3.8, 4) is 0 Å². The molecule has 1 N–H and O–H groups in total. The Morgan fingerprint density at radius 2 is 1.61 bits per heavy atom. The van der Waals surface area contributed by atoms with Crippen molar-refractivity contribution in [2.45, 2.75) is 92.1 Å². The van der Waals surface area contributed by atoms with Gasteiger partial charge in [0.25, 0.3) is 0 Å². The van der Waals surface area contributed by atoms with E-state index in [0.717, 1.165) is 24.7 Å². The zero-order valence-corrected chi connectivity index (χ0v) is 15.9. The monoisotopic (exact) mass is 316 g/mol. The molecule has 0 radical (unpaired) electrons. The maximum absolute atomic E-state index is 10.1. The number of hydrogen-bond acceptors (Lipinski definition) is 1. The van der Waals surface area contributed by atoms with Crippen LogP contribution in [0.2, 0.25) is 0 Å². The maximum Gasteiger partial charge on any atom is 0.0577 e. The maximum atomic E-state index is 10.1. The van der Waals surface area contributed by atoms with E-state index in [0.29, 0.717) is 21.7 Å². The van der Waals surface area contributed by atoms with Gasteiger partial charge in [0.2, 0.25) is 0 Å². The summed E-state index contributed by atoms with van der Waals surface area (Å²) in [5, 5.41) is 10.1. The average Bonchev–Trinajstić information content (AvgIpc) is 2.71. The summed E-state index contributed by atoms with van der Waals surface area (Å²) in [7, 11) is 0. The van der Waals surface area contributed by atoms with Crippen molar-refractivity contribution in [2.24, 2.45) is 33.5 Å². The first kappa shape index (κ1) is 16.2. The van der Waals surface area contributed by atoms with Crippen molar-refractivity contribution in [2.75, 3.05) is 0 Å². The van der Waals surface area contributed by atoms with Crippen LogP contribution in [0.3, 0.4) is 0 Å². The molecule has 0 aromatic heterocycles. The number of hydrogen-bond donors (Lipinski definition) is 1. The van der Waals surface area contributed by atoms with Crippen LogP contribution in [0.25, 0.3) is 0 Å². The molecular weight excluding hydrogens is 280 g/mol. The van der Waals surface area contributed by atoms with Gasteiger partial charge in [-0.25, -0.2) is 0 Å². The molecule has 0 aliphatic heterocycles. The minimum absolute atomic E-state index is 0.0852. The molecule has 0 aromatic carbocycles. The molecule has 0 saturated heterocycles. The summed E-state index contributed by atoms with van der Waals surface area (Å²) >= 11 is 0. The van der Waals surface area contributed by atoms with Gasteiger partial charge < -0.3 is 5.11 Å². The molecule has 4 aliphatic carbocycles. The number of fused-ring (bicyclic) bond motifs is 5. The van der Waals surface area contributed by atoms with Crippen LogP contribution >= 0.6 is 0 Å². The minimum Gasteiger partial charge on any atom is -0.393 e. The molecule has 1 nitrogen and oxygen atoms in total. The summed E-state index contributed by atoms with van der Waals surface area (Å²) in [6.45, 7) is 12.8. The Labute approximate surface area is 142 Å². The third-order valence-corrected chi connectivity index (χ3v) is 9.66. The Hall–Kier alpha value is -0.300. The predicted octanol–water partition coefficient (Wildman–Crippen LogP) is 5.73. The molecule has 0 spiro atoms. The Kier molecular flexibility index (Phi) is 3.27. The summed E-state index contributed by atoms with van der Waals surface area (Å²) in [4.78, 5) is 0. The lowest BCUT2D eigenvalue weighted by Crippen LogP contribution is -2.56. The van der Waals surface area contributed by atoms with E-state index >= 15 is 0 Å². The van der Waals surface area contributed by atoms with Crippen molar-refractivity contribution in [1.82, 2.24) is 0 Å². The number of allylic oxidation sites excluding steroid dienone is 1. The summed E-state index contributed by atoms with van der Waals surface area (Å²) in [6, 6.07) is 0. The fraction of sp³-hybridized carbons (Fsp3) is 0.909. The number of aliphatic hydroxyl groups is 1. The van der Waals surface area contributed by atoms with Gasteiger partial charge in [0.05, 0.1) is 6.10 Å². The van der Waals surface area contributed by atoms with E-state index in [1.807, 2.05) is 0 Å². The largest absolute Gasteiger partial charge is 0.393 e. The van der Waals surface area contributed by atoms with Gasteiger partial charge in [-0.2, -0.15) is 0 Å². The minimum atomic E-state index is -0.0852. The standard InChI is InChI=1S/C22H36O/c1-19(2)10-8-18-21(4)11-6-15-14-16(23)7-12-20(15,3)17(21)9-13-22(18,19)5/h6,16-18,23H,7-14H2,1-5H3/t16?,17?,18?,20?,21-,22?/m1/s1. The highest BCUT2D eigenvalue weighted by atomic mass is 16.3. The molecule has 0 heterocycles. The summed E-state index contributed by atoms with van der Waals surface area (Å²) in [6.07, 6.45) is 12.5. The topological polar surface area (TPSA) is 20.2 Å². The zero-order valence-electron chi connectivity index (χ0n) is 15.9. The second-order valence-electron chi connectivity index (χ2n) is 10.7. The van der Waals surface area contributed by atoms with Crippen LogP contribution in [0.4, 0.5) is 0 Å². The number of rotatable bonds is 0. The molecule has 6 atom stereocenters. The predicted molar refractivity (Wildman–Crippen MR) is 96.1 cm³/mol. The van der Waals surface area contributed by atoms with Crippen LogP contribution in [0, 0.1) is 33.5 Å². The molecule has 1 heteroatoms. The lowest BCUT2D eigenvalue weighted by Gasteiger charge is -2.64. The van der Waals surface area contributed by atoms with Gasteiger partial charge in [0.15, 0.2) is 0 Å². The van der Waals surface area contributed by atoms with E-state index in [9.17, 15) is 5.11 Å². The normalized spacial score (nSPS) is 54.7. The van der Waals surface area contributed by atoms with Gasteiger partial charge in [-0.15, -0.1) is 0 Å². The van der Waals surface area contributed by atoms with E-state index < -0.39 is 0 Å². The SMILES string of the molecule is CC12CCC(O)CC1=CC[C@]1(C)C2CCC2(C)C1CCC2(C)C. The van der Waals surface area contributed by atoms with Crippen LogP contribution in [-0.4, -0.2) is 11.2 Å². The van der Waals surface area contributed by atoms with Crippen molar-refractivity contribution in [1.29, 1.82) is 0 Å². The first-order valence-corrected chi connectivity index (χ1v) is 10.0. The van der Waals surface area contributed by atoms with Crippen molar-refractivity contribution >= 4 is 0 Å². The second-order valence-corrected chi connectivity index (χ2v) is 10.7. The van der Waals surface area contributed by atoms with Crippen molar-refractivity contribution < 1.29 is 5.11 Å². The van der Waals surface area contributed by atoms with Gasteiger partial charge >= 0.3 is 0 Å². The molecule has 3 fully saturated rings. The third kappa shape index (κ3) is 1.89. The molecule has 130 valence electrons. The highest BCUT2D eigenvalue weighted by Crippen LogP contribution is 2.73. The molecule has 0 aromatic rings. The highest BCUT2D eigenvalue weighted by Gasteiger charge is 2.65. The Balaban J connectivity index is 1.76. The van der Waals surface area contributed by atoms with Crippen LogP contribution < -0.4 is 0 Å². The van der Waals surface area contributed by atoms with Crippen LogP contribution in [0.15, 0.2) is 11.6 Å². The van der Waals surface area contributed by atoms with Crippen LogP contribution in [0.1, 0.15) is 86.0 Å². The van der Waals surface area contributed by atoms with Crippen LogP contribution in [0.5, 0.6) is 0 Å². The van der Waals surface area contributed by atoms with Gasteiger partial charge in [0, 0.05) is 0 Å². The second kappa shape index (κ2) is 4.65. The Bertz CT molecular complexity index is 546. The quantitative estimate of drug-likeness (QED) is 0.566. The fourth-order valence-corrected chi connectivity index (χ4v) is 7.77. The Morgan fingerprint density at radius 1 is 0.913 bits per heavy atom. The van der Waals surface area contributed by atoms with Gasteiger partial charge in [0.1, 0.15) is 0 Å². The zero-order chi connectivity index (χ0) is 16.7. The van der Waals surface area contributed by atoms with Gasteiger partial charge in [-0.05, 0) is 84.9 Å².